The fourth-order valence-corrected chi connectivity index (χ4v) is 4.27. The average Bonchev–Trinajstić information content (AvgIpc) is 2.68. The second-order valence-electron chi connectivity index (χ2n) is 4.45. The number of methoxy groups -OCH3 is 1. The van der Waals surface area contributed by atoms with E-state index in [2.05, 4.69) is 57.8 Å². The van der Waals surface area contributed by atoms with Gasteiger partial charge in [-0.05, 0) is 69.0 Å². The first-order valence-corrected chi connectivity index (χ1v) is 8.19. The van der Waals surface area contributed by atoms with Gasteiger partial charge in [-0.3, -0.25) is 0 Å². The number of hydrogen-bond acceptors (Lipinski definition) is 3. The van der Waals surface area contributed by atoms with E-state index in [1.54, 1.807) is 18.4 Å². The van der Waals surface area contributed by atoms with Crippen LogP contribution in [0.25, 0.3) is 0 Å². The zero-order chi connectivity index (χ0) is 14.2. The van der Waals surface area contributed by atoms with Crippen LogP contribution in [0.4, 0.5) is 0 Å². The highest BCUT2D eigenvalue weighted by Crippen LogP contribution is 2.40. The summed E-state index contributed by atoms with van der Waals surface area (Å²) in [6, 6.07) is 6.04. The summed E-state index contributed by atoms with van der Waals surface area (Å²) in [5.41, 5.74) is 9.80. The van der Waals surface area contributed by atoms with Gasteiger partial charge in [0.2, 0.25) is 0 Å². The third-order valence-electron chi connectivity index (χ3n) is 2.99. The number of ether oxygens (including phenoxy) is 1. The van der Waals surface area contributed by atoms with Crippen molar-refractivity contribution < 1.29 is 4.74 Å². The van der Waals surface area contributed by atoms with E-state index in [1.165, 1.54) is 5.56 Å². The van der Waals surface area contributed by atoms with Gasteiger partial charge < -0.3 is 10.5 Å². The van der Waals surface area contributed by atoms with Crippen molar-refractivity contribution in [3.05, 3.63) is 48.0 Å². The Labute approximate surface area is 134 Å². The van der Waals surface area contributed by atoms with Crippen molar-refractivity contribution >= 4 is 43.2 Å². The minimum absolute atomic E-state index is 0.178. The summed E-state index contributed by atoms with van der Waals surface area (Å²) in [5.74, 6) is 0.852. The molecule has 1 aromatic carbocycles. The minimum Gasteiger partial charge on any atom is -0.496 e. The van der Waals surface area contributed by atoms with Gasteiger partial charge in [-0.1, -0.05) is 6.07 Å². The van der Waals surface area contributed by atoms with Crippen molar-refractivity contribution in [2.45, 2.75) is 19.9 Å². The normalized spacial score (nSPS) is 12.5. The molecule has 19 heavy (non-hydrogen) atoms. The van der Waals surface area contributed by atoms with Crippen LogP contribution < -0.4 is 10.5 Å². The fraction of sp³-hybridized carbons (Fsp3) is 0.286. The van der Waals surface area contributed by atoms with Crippen molar-refractivity contribution in [2.75, 3.05) is 7.11 Å². The van der Waals surface area contributed by atoms with Crippen LogP contribution in [0.2, 0.25) is 0 Å². The summed E-state index contributed by atoms with van der Waals surface area (Å²) in [5, 5.41) is 0. The zero-order valence-corrected chi connectivity index (χ0v) is 14.9. The number of halogens is 2. The number of thiophene rings is 1. The smallest absolute Gasteiger partial charge is 0.124 e. The fourth-order valence-electron chi connectivity index (χ4n) is 2.17. The maximum absolute atomic E-state index is 6.41. The topological polar surface area (TPSA) is 35.2 Å². The maximum Gasteiger partial charge on any atom is 0.124 e. The van der Waals surface area contributed by atoms with E-state index < -0.39 is 0 Å². The molecule has 1 heterocycles. The van der Waals surface area contributed by atoms with E-state index >= 15 is 0 Å². The molecule has 2 nitrogen and oxygen atoms in total. The Hall–Kier alpha value is -0.360. The molecule has 2 aromatic rings. The van der Waals surface area contributed by atoms with E-state index in [-0.39, 0.29) is 6.04 Å². The van der Waals surface area contributed by atoms with Crippen LogP contribution in [0.5, 0.6) is 5.75 Å². The van der Waals surface area contributed by atoms with Gasteiger partial charge in [-0.2, -0.15) is 0 Å². The number of aryl methyl sites for hydroxylation is 2. The summed E-state index contributed by atoms with van der Waals surface area (Å²) in [7, 11) is 1.69. The molecule has 1 unspecified atom stereocenters. The van der Waals surface area contributed by atoms with Crippen molar-refractivity contribution in [3.8, 4) is 5.75 Å². The molecular weight excluding hydrogens is 390 g/mol. The molecule has 5 heteroatoms. The van der Waals surface area contributed by atoms with Crippen molar-refractivity contribution in [3.63, 3.8) is 0 Å². The van der Waals surface area contributed by atoms with Crippen molar-refractivity contribution in [2.24, 2.45) is 5.73 Å². The van der Waals surface area contributed by atoms with E-state index in [1.807, 2.05) is 6.07 Å². The van der Waals surface area contributed by atoms with Gasteiger partial charge in [0.15, 0.2) is 0 Å². The number of benzene rings is 1. The van der Waals surface area contributed by atoms with Gasteiger partial charge in [0.05, 0.1) is 16.9 Å². The molecule has 0 aliphatic heterocycles. The predicted octanol–water partition coefficient (Wildman–Crippen LogP) is 4.95. The Morgan fingerprint density at radius 3 is 2.42 bits per heavy atom. The standard InChI is InChI=1S/C14H15Br2NOS/c1-7-4-8(2)12(10(5-7)18-3)13(17)11-6-9(15)14(16)19-11/h4-6,13H,17H2,1-3H3. The molecule has 0 spiro atoms. The van der Waals surface area contributed by atoms with Gasteiger partial charge in [0.25, 0.3) is 0 Å². The van der Waals surface area contributed by atoms with Crippen LogP contribution in [-0.2, 0) is 0 Å². The largest absolute Gasteiger partial charge is 0.496 e. The second kappa shape index (κ2) is 5.95. The maximum atomic E-state index is 6.41. The van der Waals surface area contributed by atoms with E-state index in [4.69, 9.17) is 10.5 Å². The molecular formula is C14H15Br2NOS. The summed E-state index contributed by atoms with van der Waals surface area (Å²) in [6.07, 6.45) is 0. The first-order chi connectivity index (χ1) is 8.93. The quantitative estimate of drug-likeness (QED) is 0.785. The molecule has 1 atom stereocenters. The summed E-state index contributed by atoms with van der Waals surface area (Å²) in [6.45, 7) is 4.13. The monoisotopic (exact) mass is 403 g/mol. The molecule has 0 saturated heterocycles. The highest BCUT2D eigenvalue weighted by Gasteiger charge is 2.20. The Morgan fingerprint density at radius 2 is 1.89 bits per heavy atom. The molecule has 0 aliphatic rings. The molecule has 0 aliphatic carbocycles. The van der Waals surface area contributed by atoms with Crippen LogP contribution in [-0.4, -0.2) is 7.11 Å². The molecule has 0 fully saturated rings. The molecule has 102 valence electrons. The van der Waals surface area contributed by atoms with Crippen molar-refractivity contribution in [1.82, 2.24) is 0 Å². The van der Waals surface area contributed by atoms with Gasteiger partial charge in [-0.15, -0.1) is 11.3 Å². The van der Waals surface area contributed by atoms with Crippen molar-refractivity contribution in [1.29, 1.82) is 0 Å². The highest BCUT2D eigenvalue weighted by molar-refractivity contribution is 9.13. The summed E-state index contributed by atoms with van der Waals surface area (Å²) >= 11 is 8.65. The molecule has 0 amide bonds. The lowest BCUT2D eigenvalue weighted by Gasteiger charge is -2.18. The molecule has 1 aromatic heterocycles. The Bertz CT molecular complexity index is 590. The van der Waals surface area contributed by atoms with E-state index in [0.717, 1.165) is 30.0 Å². The second-order valence-corrected chi connectivity index (χ2v) is 7.70. The highest BCUT2D eigenvalue weighted by atomic mass is 79.9. The Morgan fingerprint density at radius 1 is 1.21 bits per heavy atom. The molecule has 0 bridgehead atoms. The van der Waals surface area contributed by atoms with Crippen LogP contribution in [0, 0.1) is 13.8 Å². The summed E-state index contributed by atoms with van der Waals surface area (Å²) < 4.78 is 7.58. The van der Waals surface area contributed by atoms with Gasteiger partial charge in [0, 0.05) is 14.9 Å². The predicted molar refractivity (Wildman–Crippen MR) is 88.2 cm³/mol. The molecule has 2 N–H and O–H groups in total. The van der Waals surface area contributed by atoms with Crippen LogP contribution >= 0.6 is 43.2 Å². The van der Waals surface area contributed by atoms with E-state index in [9.17, 15) is 0 Å². The number of rotatable bonds is 3. The van der Waals surface area contributed by atoms with Gasteiger partial charge >= 0.3 is 0 Å². The number of nitrogens with two attached hydrogens (primary N) is 1. The van der Waals surface area contributed by atoms with E-state index in [0.29, 0.717) is 0 Å². The lowest BCUT2D eigenvalue weighted by Crippen LogP contribution is -2.13. The Balaban J connectivity index is 2.51. The van der Waals surface area contributed by atoms with Crippen LogP contribution in [0.15, 0.2) is 26.5 Å². The molecule has 2 rings (SSSR count). The SMILES string of the molecule is COc1cc(C)cc(C)c1C(N)c1cc(Br)c(Br)s1. The molecule has 0 saturated carbocycles. The third-order valence-corrected chi connectivity index (χ3v) is 6.33. The Kier molecular flexibility index (Phi) is 4.71. The lowest BCUT2D eigenvalue weighted by atomic mass is 9.97. The molecule has 0 radical (unpaired) electrons. The first-order valence-electron chi connectivity index (χ1n) is 5.79. The average molecular weight is 405 g/mol. The third kappa shape index (κ3) is 3.05. The lowest BCUT2D eigenvalue weighted by molar-refractivity contribution is 0.407. The van der Waals surface area contributed by atoms with Gasteiger partial charge in [-0.25, -0.2) is 0 Å². The minimum atomic E-state index is -0.178. The van der Waals surface area contributed by atoms with Gasteiger partial charge in [0.1, 0.15) is 5.75 Å². The first kappa shape index (κ1) is 15.0. The summed E-state index contributed by atoms with van der Waals surface area (Å²) in [4.78, 5) is 1.10. The van der Waals surface area contributed by atoms with Crippen LogP contribution in [0.3, 0.4) is 0 Å². The zero-order valence-electron chi connectivity index (χ0n) is 11.0. The number of hydrogen-bond donors (Lipinski definition) is 1. The van der Waals surface area contributed by atoms with Crippen LogP contribution in [0.1, 0.15) is 27.6 Å².